The van der Waals surface area contributed by atoms with Crippen LogP contribution in [0.2, 0.25) is 0 Å². The first kappa shape index (κ1) is 12.6. The molecular formula is C13H14N2O2S. The number of carbonyl (C=O) groups excluding carboxylic acids is 1. The fraction of sp³-hybridized carbons (Fsp3) is 0.231. The van der Waals surface area contributed by atoms with Crippen LogP contribution in [0.5, 0.6) is 0 Å². The number of hydrogen-bond donors (Lipinski definition) is 1. The topological polar surface area (TPSA) is 65.2 Å². The molecular weight excluding hydrogens is 248 g/mol. The largest absolute Gasteiger partial charge is 0.462 e. The average Bonchev–Trinajstić information content (AvgIpc) is 2.72. The van der Waals surface area contributed by atoms with Crippen molar-refractivity contribution in [3.8, 4) is 11.3 Å². The Morgan fingerprint density at radius 3 is 2.89 bits per heavy atom. The van der Waals surface area contributed by atoms with Gasteiger partial charge >= 0.3 is 5.97 Å². The molecule has 0 aromatic carbocycles. The number of esters is 1. The normalized spacial score (nSPS) is 10.3. The van der Waals surface area contributed by atoms with Gasteiger partial charge in [-0.25, -0.2) is 4.79 Å². The molecule has 0 aliphatic carbocycles. The van der Waals surface area contributed by atoms with Crippen molar-refractivity contribution in [1.29, 1.82) is 0 Å². The highest BCUT2D eigenvalue weighted by molar-refractivity contribution is 7.14. The predicted octanol–water partition coefficient (Wildman–Crippen LogP) is 2.88. The smallest absolute Gasteiger partial charge is 0.341 e. The summed E-state index contributed by atoms with van der Waals surface area (Å²) in [7, 11) is 0. The lowest BCUT2D eigenvalue weighted by Gasteiger charge is -2.05. The highest BCUT2D eigenvalue weighted by Crippen LogP contribution is 2.33. The Labute approximate surface area is 109 Å². The SMILES string of the molecule is CCOC(=O)c1c(-c2ccc(C)cn2)csc1N. The molecule has 0 bridgehead atoms. The summed E-state index contributed by atoms with van der Waals surface area (Å²) >= 11 is 1.32. The van der Waals surface area contributed by atoms with E-state index in [4.69, 9.17) is 10.5 Å². The lowest BCUT2D eigenvalue weighted by atomic mass is 10.1. The number of carbonyl (C=O) groups is 1. The van der Waals surface area contributed by atoms with E-state index in [0.717, 1.165) is 16.8 Å². The van der Waals surface area contributed by atoms with Crippen LogP contribution in [0.15, 0.2) is 23.7 Å². The van der Waals surface area contributed by atoms with Crippen molar-refractivity contribution in [1.82, 2.24) is 4.98 Å². The molecule has 0 unspecified atom stereocenters. The van der Waals surface area contributed by atoms with E-state index in [1.54, 1.807) is 13.1 Å². The summed E-state index contributed by atoms with van der Waals surface area (Å²) in [5, 5.41) is 2.30. The van der Waals surface area contributed by atoms with E-state index in [-0.39, 0.29) is 0 Å². The number of anilines is 1. The van der Waals surface area contributed by atoms with Crippen LogP contribution in [0, 0.1) is 6.92 Å². The van der Waals surface area contributed by atoms with Gasteiger partial charge in [0.05, 0.1) is 12.3 Å². The maximum atomic E-state index is 11.9. The molecule has 0 saturated carbocycles. The molecule has 2 rings (SSSR count). The quantitative estimate of drug-likeness (QED) is 0.864. The number of aromatic nitrogens is 1. The predicted molar refractivity (Wildman–Crippen MR) is 72.7 cm³/mol. The summed E-state index contributed by atoms with van der Waals surface area (Å²) in [5.74, 6) is -0.395. The van der Waals surface area contributed by atoms with Crippen molar-refractivity contribution in [2.24, 2.45) is 0 Å². The third kappa shape index (κ3) is 2.36. The lowest BCUT2D eigenvalue weighted by molar-refractivity contribution is 0.0529. The van der Waals surface area contributed by atoms with E-state index in [9.17, 15) is 4.79 Å². The van der Waals surface area contributed by atoms with Gasteiger partial charge in [-0.1, -0.05) is 6.07 Å². The molecule has 94 valence electrons. The van der Waals surface area contributed by atoms with Crippen molar-refractivity contribution in [3.63, 3.8) is 0 Å². The van der Waals surface area contributed by atoms with Crippen molar-refractivity contribution in [2.45, 2.75) is 13.8 Å². The van der Waals surface area contributed by atoms with Crippen LogP contribution in [0.25, 0.3) is 11.3 Å². The summed E-state index contributed by atoms with van der Waals surface area (Å²) in [6, 6.07) is 3.82. The zero-order valence-electron chi connectivity index (χ0n) is 10.3. The third-order valence-corrected chi connectivity index (χ3v) is 3.30. The van der Waals surface area contributed by atoms with E-state index in [2.05, 4.69) is 4.98 Å². The molecule has 0 radical (unpaired) electrons. The Kier molecular flexibility index (Phi) is 3.62. The second-order valence-corrected chi connectivity index (χ2v) is 4.74. The number of ether oxygens (including phenoxy) is 1. The molecule has 4 nitrogen and oxygen atoms in total. The molecule has 2 aromatic rings. The van der Waals surface area contributed by atoms with E-state index in [1.807, 2.05) is 24.4 Å². The van der Waals surface area contributed by atoms with Crippen molar-refractivity contribution in [2.75, 3.05) is 12.3 Å². The second kappa shape index (κ2) is 5.18. The average molecular weight is 262 g/mol. The van der Waals surface area contributed by atoms with Crippen LogP contribution < -0.4 is 5.73 Å². The summed E-state index contributed by atoms with van der Waals surface area (Å²) in [4.78, 5) is 16.2. The van der Waals surface area contributed by atoms with Crippen LogP contribution in [0.4, 0.5) is 5.00 Å². The number of aryl methyl sites for hydroxylation is 1. The monoisotopic (exact) mass is 262 g/mol. The second-order valence-electron chi connectivity index (χ2n) is 3.83. The molecule has 5 heteroatoms. The Morgan fingerprint density at radius 2 is 2.28 bits per heavy atom. The van der Waals surface area contributed by atoms with Gasteiger partial charge < -0.3 is 10.5 Å². The van der Waals surface area contributed by atoms with Gasteiger partial charge in [-0.05, 0) is 25.5 Å². The highest BCUT2D eigenvalue weighted by atomic mass is 32.1. The van der Waals surface area contributed by atoms with Gasteiger partial charge in [0.25, 0.3) is 0 Å². The molecule has 0 atom stereocenters. The number of nitrogens with zero attached hydrogens (tertiary/aromatic N) is 1. The maximum Gasteiger partial charge on any atom is 0.341 e. The van der Waals surface area contributed by atoms with Crippen molar-refractivity contribution < 1.29 is 9.53 Å². The molecule has 18 heavy (non-hydrogen) atoms. The van der Waals surface area contributed by atoms with Gasteiger partial charge in [0.1, 0.15) is 10.6 Å². The minimum atomic E-state index is -0.395. The fourth-order valence-corrected chi connectivity index (χ4v) is 2.40. The summed E-state index contributed by atoms with van der Waals surface area (Å²) in [6.07, 6.45) is 1.76. The fourth-order valence-electron chi connectivity index (χ4n) is 1.60. The number of thiophene rings is 1. The zero-order valence-corrected chi connectivity index (χ0v) is 11.1. The Bertz CT molecular complexity index is 561. The summed E-state index contributed by atoms with van der Waals surface area (Å²) in [6.45, 7) is 4.06. The van der Waals surface area contributed by atoms with E-state index in [1.165, 1.54) is 11.3 Å². The van der Waals surface area contributed by atoms with Gasteiger partial charge in [0, 0.05) is 17.1 Å². The molecule has 0 amide bonds. The first-order chi connectivity index (χ1) is 8.63. The molecule has 2 heterocycles. The van der Waals surface area contributed by atoms with Crippen molar-refractivity contribution in [3.05, 3.63) is 34.8 Å². The number of nitrogens with two attached hydrogens (primary N) is 1. The Hall–Kier alpha value is -1.88. The summed E-state index contributed by atoms with van der Waals surface area (Å²) < 4.78 is 5.01. The van der Waals surface area contributed by atoms with E-state index < -0.39 is 5.97 Å². The molecule has 0 aliphatic rings. The number of hydrogen-bond acceptors (Lipinski definition) is 5. The minimum absolute atomic E-state index is 0.328. The van der Waals surface area contributed by atoms with Gasteiger partial charge in [-0.15, -0.1) is 11.3 Å². The van der Waals surface area contributed by atoms with Crippen LogP contribution in [0.3, 0.4) is 0 Å². The molecule has 2 aromatic heterocycles. The lowest BCUT2D eigenvalue weighted by Crippen LogP contribution is -2.07. The Morgan fingerprint density at radius 1 is 1.50 bits per heavy atom. The van der Waals surface area contributed by atoms with Gasteiger partial charge in [0.15, 0.2) is 0 Å². The maximum absolute atomic E-state index is 11.9. The van der Waals surface area contributed by atoms with Gasteiger partial charge in [-0.2, -0.15) is 0 Å². The molecule has 0 fully saturated rings. The molecule has 0 aliphatic heterocycles. The van der Waals surface area contributed by atoms with Crippen LogP contribution in [-0.2, 0) is 4.74 Å². The first-order valence-corrected chi connectivity index (χ1v) is 6.48. The van der Waals surface area contributed by atoms with Gasteiger partial charge in [-0.3, -0.25) is 4.98 Å². The number of rotatable bonds is 3. The van der Waals surface area contributed by atoms with E-state index >= 15 is 0 Å². The van der Waals surface area contributed by atoms with Crippen LogP contribution in [0.1, 0.15) is 22.8 Å². The zero-order chi connectivity index (χ0) is 13.1. The highest BCUT2D eigenvalue weighted by Gasteiger charge is 2.20. The van der Waals surface area contributed by atoms with E-state index in [0.29, 0.717) is 17.2 Å². The van der Waals surface area contributed by atoms with Crippen LogP contribution >= 0.6 is 11.3 Å². The Balaban J connectivity index is 2.45. The third-order valence-electron chi connectivity index (χ3n) is 2.49. The standard InChI is InChI=1S/C13H14N2O2S/c1-3-17-13(16)11-9(7-18-12(11)14)10-5-4-8(2)6-15-10/h4-7H,3,14H2,1-2H3. The molecule has 2 N–H and O–H groups in total. The number of pyridine rings is 1. The van der Waals surface area contributed by atoms with Crippen molar-refractivity contribution >= 4 is 22.3 Å². The molecule has 0 saturated heterocycles. The van der Waals surface area contributed by atoms with Crippen LogP contribution in [-0.4, -0.2) is 17.6 Å². The van der Waals surface area contributed by atoms with Gasteiger partial charge in [0.2, 0.25) is 0 Å². The minimum Gasteiger partial charge on any atom is -0.462 e. The first-order valence-electron chi connectivity index (χ1n) is 5.60. The molecule has 0 spiro atoms. The summed E-state index contributed by atoms with van der Waals surface area (Å²) in [5.41, 5.74) is 8.78. The number of nitrogen functional groups attached to an aromatic ring is 1.